The first-order chi connectivity index (χ1) is 9.20. The maximum absolute atomic E-state index is 11.9. The van der Waals surface area contributed by atoms with E-state index in [1.54, 1.807) is 0 Å². The zero-order valence-electron chi connectivity index (χ0n) is 11.2. The van der Waals surface area contributed by atoms with E-state index in [1.807, 2.05) is 37.3 Å². The van der Waals surface area contributed by atoms with Crippen LogP contribution in [0.2, 0.25) is 0 Å². The van der Waals surface area contributed by atoms with Gasteiger partial charge in [0.15, 0.2) is 5.69 Å². The first kappa shape index (κ1) is 13.3. The van der Waals surface area contributed by atoms with Crippen molar-refractivity contribution in [3.05, 3.63) is 42.2 Å². The Morgan fingerprint density at radius 2 is 2.11 bits per heavy atom. The zero-order chi connectivity index (χ0) is 13.7. The predicted molar refractivity (Wildman–Crippen MR) is 73.2 cm³/mol. The van der Waals surface area contributed by atoms with E-state index >= 15 is 0 Å². The van der Waals surface area contributed by atoms with Gasteiger partial charge in [-0.3, -0.25) is 4.79 Å². The Kier molecular flexibility index (Phi) is 4.28. The number of carbonyl (C=O) groups is 1. The predicted octanol–water partition coefficient (Wildman–Crippen LogP) is 2.19. The average Bonchev–Trinajstić information content (AvgIpc) is 2.89. The van der Waals surface area contributed by atoms with Gasteiger partial charge in [0.05, 0.1) is 11.9 Å². The third-order valence-corrected chi connectivity index (χ3v) is 2.81. The van der Waals surface area contributed by atoms with Gasteiger partial charge in [0.25, 0.3) is 5.91 Å². The second-order valence-electron chi connectivity index (χ2n) is 4.52. The highest BCUT2D eigenvalue weighted by atomic mass is 16.2. The summed E-state index contributed by atoms with van der Waals surface area (Å²) < 4.78 is 0. The first-order valence-corrected chi connectivity index (χ1v) is 6.49. The smallest absolute Gasteiger partial charge is 0.273 e. The Bertz CT molecular complexity index is 535. The number of amides is 1. The van der Waals surface area contributed by atoms with Crippen LogP contribution >= 0.6 is 0 Å². The standard InChI is InChI=1S/C14H18N4O/c1-3-7-11(2)16-14(19)13-10-15-18(17-13)12-8-5-4-6-9-12/h4-6,8-11H,3,7H2,1-2H3,(H,16,19). The summed E-state index contributed by atoms with van der Waals surface area (Å²) in [5.41, 5.74) is 1.18. The highest BCUT2D eigenvalue weighted by Gasteiger charge is 2.13. The van der Waals surface area contributed by atoms with Crippen LogP contribution in [0.1, 0.15) is 37.2 Å². The SMILES string of the molecule is CCCC(C)NC(=O)c1cnn(-c2ccccc2)n1. The topological polar surface area (TPSA) is 59.8 Å². The number of carbonyl (C=O) groups excluding carboxylic acids is 1. The fourth-order valence-electron chi connectivity index (χ4n) is 1.86. The molecule has 2 aromatic rings. The summed E-state index contributed by atoms with van der Waals surface area (Å²) >= 11 is 0. The van der Waals surface area contributed by atoms with E-state index in [4.69, 9.17) is 0 Å². The van der Waals surface area contributed by atoms with Gasteiger partial charge in [-0.15, -0.1) is 5.10 Å². The third kappa shape index (κ3) is 3.40. The van der Waals surface area contributed by atoms with Crippen molar-refractivity contribution in [1.82, 2.24) is 20.3 Å². The van der Waals surface area contributed by atoms with Crippen LogP contribution in [0.15, 0.2) is 36.5 Å². The number of hydrogen-bond donors (Lipinski definition) is 1. The van der Waals surface area contributed by atoms with Crippen LogP contribution in [-0.4, -0.2) is 26.9 Å². The van der Waals surface area contributed by atoms with Crippen LogP contribution in [0.5, 0.6) is 0 Å². The molecule has 5 nitrogen and oxygen atoms in total. The molecule has 2 rings (SSSR count). The molecule has 0 saturated heterocycles. The van der Waals surface area contributed by atoms with Crippen LogP contribution in [0.4, 0.5) is 0 Å². The van der Waals surface area contributed by atoms with E-state index in [-0.39, 0.29) is 11.9 Å². The summed E-state index contributed by atoms with van der Waals surface area (Å²) in [5, 5.41) is 11.2. The number of rotatable bonds is 5. The minimum Gasteiger partial charge on any atom is -0.348 e. The summed E-state index contributed by atoms with van der Waals surface area (Å²) in [4.78, 5) is 13.4. The van der Waals surface area contributed by atoms with Crippen LogP contribution in [0.3, 0.4) is 0 Å². The zero-order valence-corrected chi connectivity index (χ0v) is 11.2. The van der Waals surface area contributed by atoms with Gasteiger partial charge in [-0.25, -0.2) is 0 Å². The van der Waals surface area contributed by atoms with Crippen molar-refractivity contribution in [2.24, 2.45) is 0 Å². The summed E-state index contributed by atoms with van der Waals surface area (Å²) in [5.74, 6) is -0.178. The lowest BCUT2D eigenvalue weighted by atomic mass is 10.2. The Hall–Kier alpha value is -2.17. The number of para-hydroxylation sites is 1. The molecule has 1 aromatic carbocycles. The third-order valence-electron chi connectivity index (χ3n) is 2.81. The lowest BCUT2D eigenvalue weighted by Gasteiger charge is -2.10. The summed E-state index contributed by atoms with van der Waals surface area (Å²) in [6.07, 6.45) is 3.48. The van der Waals surface area contributed by atoms with E-state index in [0.717, 1.165) is 18.5 Å². The second-order valence-corrected chi connectivity index (χ2v) is 4.52. The Morgan fingerprint density at radius 3 is 2.79 bits per heavy atom. The quantitative estimate of drug-likeness (QED) is 0.894. The van der Waals surface area contributed by atoms with E-state index in [2.05, 4.69) is 22.4 Å². The fraction of sp³-hybridized carbons (Fsp3) is 0.357. The van der Waals surface area contributed by atoms with Crippen molar-refractivity contribution in [3.8, 4) is 5.69 Å². The Morgan fingerprint density at radius 1 is 1.37 bits per heavy atom. The van der Waals surface area contributed by atoms with Crippen molar-refractivity contribution in [2.75, 3.05) is 0 Å². The number of nitrogens with zero attached hydrogens (tertiary/aromatic N) is 3. The Labute approximate surface area is 112 Å². The molecular weight excluding hydrogens is 240 g/mol. The number of nitrogens with one attached hydrogen (secondary N) is 1. The van der Waals surface area contributed by atoms with Crippen LogP contribution in [0.25, 0.3) is 5.69 Å². The van der Waals surface area contributed by atoms with Crippen molar-refractivity contribution in [2.45, 2.75) is 32.7 Å². The molecule has 0 aliphatic heterocycles. The molecule has 100 valence electrons. The average molecular weight is 258 g/mol. The molecular formula is C14H18N4O. The molecule has 1 aromatic heterocycles. The van der Waals surface area contributed by atoms with Gasteiger partial charge < -0.3 is 5.32 Å². The molecule has 1 unspecified atom stereocenters. The molecule has 0 spiro atoms. The summed E-state index contributed by atoms with van der Waals surface area (Å²) in [6, 6.07) is 9.67. The van der Waals surface area contributed by atoms with Gasteiger partial charge >= 0.3 is 0 Å². The molecule has 1 atom stereocenters. The van der Waals surface area contributed by atoms with Crippen molar-refractivity contribution >= 4 is 5.91 Å². The maximum atomic E-state index is 11.9. The van der Waals surface area contributed by atoms with Gasteiger partial charge in [0.2, 0.25) is 0 Å². The monoisotopic (exact) mass is 258 g/mol. The van der Waals surface area contributed by atoms with E-state index in [0.29, 0.717) is 5.69 Å². The molecule has 0 aliphatic rings. The van der Waals surface area contributed by atoms with E-state index < -0.39 is 0 Å². The highest BCUT2D eigenvalue weighted by molar-refractivity contribution is 5.92. The van der Waals surface area contributed by atoms with Crippen molar-refractivity contribution in [1.29, 1.82) is 0 Å². The number of aromatic nitrogens is 3. The molecule has 19 heavy (non-hydrogen) atoms. The number of benzene rings is 1. The van der Waals surface area contributed by atoms with Gasteiger partial charge in [-0.1, -0.05) is 31.5 Å². The molecule has 1 amide bonds. The summed E-state index contributed by atoms with van der Waals surface area (Å²) in [7, 11) is 0. The van der Waals surface area contributed by atoms with E-state index in [1.165, 1.54) is 11.0 Å². The van der Waals surface area contributed by atoms with Crippen LogP contribution < -0.4 is 5.32 Å². The molecule has 1 N–H and O–H groups in total. The van der Waals surface area contributed by atoms with Crippen molar-refractivity contribution in [3.63, 3.8) is 0 Å². The minimum absolute atomic E-state index is 0.152. The van der Waals surface area contributed by atoms with E-state index in [9.17, 15) is 4.79 Å². The van der Waals surface area contributed by atoms with Gasteiger partial charge in [0.1, 0.15) is 0 Å². The normalized spacial score (nSPS) is 12.1. The highest BCUT2D eigenvalue weighted by Crippen LogP contribution is 2.04. The second kappa shape index (κ2) is 6.13. The van der Waals surface area contributed by atoms with Crippen LogP contribution in [0, 0.1) is 0 Å². The van der Waals surface area contributed by atoms with Crippen molar-refractivity contribution < 1.29 is 4.79 Å². The molecule has 5 heteroatoms. The van der Waals surface area contributed by atoms with Crippen LogP contribution in [-0.2, 0) is 0 Å². The lowest BCUT2D eigenvalue weighted by molar-refractivity contribution is 0.0933. The molecule has 1 heterocycles. The lowest BCUT2D eigenvalue weighted by Crippen LogP contribution is -2.32. The fourth-order valence-corrected chi connectivity index (χ4v) is 1.86. The maximum Gasteiger partial charge on any atom is 0.273 e. The van der Waals surface area contributed by atoms with Gasteiger partial charge in [0, 0.05) is 6.04 Å². The molecule has 0 aliphatic carbocycles. The van der Waals surface area contributed by atoms with Gasteiger partial charge in [-0.05, 0) is 25.5 Å². The molecule has 0 fully saturated rings. The molecule has 0 saturated carbocycles. The first-order valence-electron chi connectivity index (χ1n) is 6.49. The molecule has 0 bridgehead atoms. The largest absolute Gasteiger partial charge is 0.348 e. The van der Waals surface area contributed by atoms with Gasteiger partial charge in [-0.2, -0.15) is 9.90 Å². The summed E-state index contributed by atoms with van der Waals surface area (Å²) in [6.45, 7) is 4.08. The Balaban J connectivity index is 2.07. The number of hydrogen-bond acceptors (Lipinski definition) is 3. The molecule has 0 radical (unpaired) electrons. The minimum atomic E-state index is -0.178.